The lowest BCUT2D eigenvalue weighted by molar-refractivity contribution is -0.121. The maximum absolute atomic E-state index is 12.3. The lowest BCUT2D eigenvalue weighted by Crippen LogP contribution is -2.48. The Morgan fingerprint density at radius 2 is 2.14 bits per heavy atom. The van der Waals surface area contributed by atoms with Crippen LogP contribution in [-0.2, 0) is 9.59 Å². The highest BCUT2D eigenvalue weighted by atomic mass is 32.2. The number of carbonyl (C=O) groups excluding carboxylic acids is 2. The number of rotatable bonds is 7. The van der Waals surface area contributed by atoms with Crippen molar-refractivity contribution in [3.8, 4) is 0 Å². The molecule has 4 N–H and O–H groups in total. The number of carbonyl (C=O) groups is 2. The lowest BCUT2D eigenvalue weighted by atomic mass is 9.88. The van der Waals surface area contributed by atoms with Gasteiger partial charge in [-0.3, -0.25) is 9.59 Å². The largest absolute Gasteiger partial charge is 0.370 e. The molecule has 1 saturated heterocycles. The molecule has 1 aromatic carbocycles. The Morgan fingerprint density at radius 3 is 2.76 bits per heavy atom. The van der Waals surface area contributed by atoms with Crippen molar-refractivity contribution in [3.63, 3.8) is 0 Å². The molecule has 0 aromatic heterocycles. The molecule has 1 aliphatic heterocycles. The molecule has 1 fully saturated rings. The molecule has 1 aliphatic rings. The van der Waals surface area contributed by atoms with Gasteiger partial charge in [0, 0.05) is 23.0 Å². The van der Waals surface area contributed by atoms with Crippen molar-refractivity contribution in [2.45, 2.75) is 18.2 Å². The highest BCUT2D eigenvalue weighted by Crippen LogP contribution is 2.28. The Morgan fingerprint density at radius 1 is 1.43 bits per heavy atom. The van der Waals surface area contributed by atoms with Gasteiger partial charge in [-0.15, -0.1) is 11.8 Å². The number of nitrogens with two attached hydrogens (primary N) is 1. The zero-order chi connectivity index (χ0) is 15.2. The molecular formula is C15H21N3O2S. The van der Waals surface area contributed by atoms with Crippen LogP contribution in [0.4, 0.5) is 5.69 Å². The molecule has 1 unspecified atom stereocenters. The molecule has 0 bridgehead atoms. The minimum Gasteiger partial charge on any atom is -0.370 e. The van der Waals surface area contributed by atoms with E-state index in [4.69, 9.17) is 5.73 Å². The molecule has 21 heavy (non-hydrogen) atoms. The molecule has 5 nitrogen and oxygen atoms in total. The zero-order valence-electron chi connectivity index (χ0n) is 12.1. The van der Waals surface area contributed by atoms with E-state index in [9.17, 15) is 9.59 Å². The molecule has 0 aliphatic carbocycles. The third-order valence-corrected chi connectivity index (χ3v) is 4.76. The van der Waals surface area contributed by atoms with E-state index in [-0.39, 0.29) is 17.7 Å². The summed E-state index contributed by atoms with van der Waals surface area (Å²) in [5.41, 5.74) is 5.94. The van der Waals surface area contributed by atoms with Crippen LogP contribution < -0.4 is 16.4 Å². The van der Waals surface area contributed by atoms with Gasteiger partial charge in [-0.2, -0.15) is 0 Å². The predicted octanol–water partition coefficient (Wildman–Crippen LogP) is 1.45. The number of amides is 2. The second-order valence-corrected chi connectivity index (χ2v) is 6.39. The third kappa shape index (κ3) is 4.47. The number of hydrogen-bond donors (Lipinski definition) is 3. The lowest BCUT2D eigenvalue weighted by Gasteiger charge is -2.31. The van der Waals surface area contributed by atoms with Crippen LogP contribution in [0.3, 0.4) is 0 Å². The average molecular weight is 307 g/mol. The van der Waals surface area contributed by atoms with Gasteiger partial charge in [0.15, 0.2) is 0 Å². The average Bonchev–Trinajstić information content (AvgIpc) is 2.38. The SMILES string of the molecule is CC(C(=O)Nc1ccccc1SCCC(N)=O)C1CNC1. The van der Waals surface area contributed by atoms with E-state index in [1.807, 2.05) is 31.2 Å². The Kier molecular flexibility index (Phi) is 5.64. The number of thioether (sulfide) groups is 1. The smallest absolute Gasteiger partial charge is 0.227 e. The molecule has 6 heteroatoms. The summed E-state index contributed by atoms with van der Waals surface area (Å²) in [4.78, 5) is 24.0. The number of hydrogen-bond acceptors (Lipinski definition) is 4. The number of benzene rings is 1. The summed E-state index contributed by atoms with van der Waals surface area (Å²) in [5, 5.41) is 6.18. The molecule has 114 valence electrons. The number of primary amides is 1. The van der Waals surface area contributed by atoms with Crippen LogP contribution in [0.5, 0.6) is 0 Å². The van der Waals surface area contributed by atoms with E-state index >= 15 is 0 Å². The summed E-state index contributed by atoms with van der Waals surface area (Å²) >= 11 is 1.53. The molecule has 1 heterocycles. The van der Waals surface area contributed by atoms with Gasteiger partial charge in [-0.1, -0.05) is 19.1 Å². The fraction of sp³-hybridized carbons (Fsp3) is 0.467. The minimum atomic E-state index is -0.310. The standard InChI is InChI=1S/C15H21N3O2S/c1-10(11-8-17-9-11)15(20)18-12-4-2-3-5-13(12)21-7-6-14(16)19/h2-5,10-11,17H,6-9H2,1H3,(H2,16,19)(H,18,20). The van der Waals surface area contributed by atoms with Crippen LogP contribution in [0, 0.1) is 11.8 Å². The number of para-hydroxylation sites is 1. The summed E-state index contributed by atoms with van der Waals surface area (Å²) in [7, 11) is 0. The molecule has 2 amide bonds. The van der Waals surface area contributed by atoms with Crippen molar-refractivity contribution < 1.29 is 9.59 Å². The van der Waals surface area contributed by atoms with Crippen LogP contribution in [0.2, 0.25) is 0 Å². The van der Waals surface area contributed by atoms with Crippen LogP contribution in [0.15, 0.2) is 29.2 Å². The van der Waals surface area contributed by atoms with E-state index in [0.717, 1.165) is 23.7 Å². The summed E-state index contributed by atoms with van der Waals surface area (Å²) in [6, 6.07) is 7.64. The van der Waals surface area contributed by atoms with E-state index in [2.05, 4.69) is 10.6 Å². The summed E-state index contributed by atoms with van der Waals surface area (Å²) in [5.74, 6) is 0.763. The maximum Gasteiger partial charge on any atom is 0.227 e. The van der Waals surface area contributed by atoms with Gasteiger partial charge in [0.2, 0.25) is 11.8 Å². The van der Waals surface area contributed by atoms with E-state index in [1.165, 1.54) is 11.8 Å². The molecule has 0 spiro atoms. The maximum atomic E-state index is 12.3. The monoisotopic (exact) mass is 307 g/mol. The van der Waals surface area contributed by atoms with E-state index < -0.39 is 0 Å². The normalized spacial score (nSPS) is 16.0. The van der Waals surface area contributed by atoms with Crippen molar-refractivity contribution in [3.05, 3.63) is 24.3 Å². The summed E-state index contributed by atoms with van der Waals surface area (Å²) < 4.78 is 0. The molecule has 0 saturated carbocycles. The second-order valence-electron chi connectivity index (χ2n) is 5.26. The number of nitrogens with one attached hydrogen (secondary N) is 2. The van der Waals surface area contributed by atoms with Crippen LogP contribution in [-0.4, -0.2) is 30.7 Å². The fourth-order valence-corrected chi connectivity index (χ4v) is 3.06. The zero-order valence-corrected chi connectivity index (χ0v) is 12.9. The first-order chi connectivity index (χ1) is 10.1. The van der Waals surface area contributed by atoms with Crippen molar-refractivity contribution in [2.24, 2.45) is 17.6 Å². The molecule has 0 radical (unpaired) electrons. The first-order valence-corrected chi connectivity index (χ1v) is 8.08. The topological polar surface area (TPSA) is 84.2 Å². The molecular weight excluding hydrogens is 286 g/mol. The van der Waals surface area contributed by atoms with Crippen LogP contribution >= 0.6 is 11.8 Å². The Labute approximate surface area is 129 Å². The minimum absolute atomic E-state index is 0.00470. The van der Waals surface area contributed by atoms with Gasteiger partial charge in [0.1, 0.15) is 0 Å². The van der Waals surface area contributed by atoms with Gasteiger partial charge in [0.05, 0.1) is 5.69 Å². The van der Waals surface area contributed by atoms with Crippen molar-refractivity contribution in [1.82, 2.24) is 5.32 Å². The van der Waals surface area contributed by atoms with Gasteiger partial charge in [-0.25, -0.2) is 0 Å². The fourth-order valence-electron chi connectivity index (χ4n) is 2.08. The highest BCUT2D eigenvalue weighted by molar-refractivity contribution is 7.99. The van der Waals surface area contributed by atoms with Gasteiger partial charge >= 0.3 is 0 Å². The van der Waals surface area contributed by atoms with Gasteiger partial charge < -0.3 is 16.4 Å². The van der Waals surface area contributed by atoms with Crippen molar-refractivity contribution in [2.75, 3.05) is 24.2 Å². The molecule has 1 aromatic rings. The first-order valence-electron chi connectivity index (χ1n) is 7.09. The quantitative estimate of drug-likeness (QED) is 0.666. The van der Waals surface area contributed by atoms with Crippen LogP contribution in [0.1, 0.15) is 13.3 Å². The number of anilines is 1. The van der Waals surface area contributed by atoms with Crippen LogP contribution in [0.25, 0.3) is 0 Å². The van der Waals surface area contributed by atoms with Crippen molar-refractivity contribution in [1.29, 1.82) is 0 Å². The third-order valence-electron chi connectivity index (χ3n) is 3.68. The summed E-state index contributed by atoms with van der Waals surface area (Å²) in [6.07, 6.45) is 0.330. The Balaban J connectivity index is 1.95. The predicted molar refractivity (Wildman–Crippen MR) is 85.1 cm³/mol. The Bertz CT molecular complexity index is 517. The molecule has 2 rings (SSSR count). The molecule has 1 atom stereocenters. The second kappa shape index (κ2) is 7.47. The summed E-state index contributed by atoms with van der Waals surface area (Å²) in [6.45, 7) is 3.77. The van der Waals surface area contributed by atoms with E-state index in [1.54, 1.807) is 0 Å². The Hall–Kier alpha value is -1.53. The van der Waals surface area contributed by atoms with Gasteiger partial charge in [0.25, 0.3) is 0 Å². The van der Waals surface area contributed by atoms with E-state index in [0.29, 0.717) is 18.1 Å². The first kappa shape index (κ1) is 15.9. The highest BCUT2D eigenvalue weighted by Gasteiger charge is 2.28. The van der Waals surface area contributed by atoms with Gasteiger partial charge in [-0.05, 0) is 31.1 Å². The van der Waals surface area contributed by atoms with Crippen molar-refractivity contribution >= 4 is 29.3 Å².